The number of hydrogen-bond donors (Lipinski definition) is 1. The zero-order chi connectivity index (χ0) is 12.2. The number of benzene rings is 1. The lowest BCUT2D eigenvalue weighted by molar-refractivity contribution is 0.577. The van der Waals surface area contributed by atoms with Crippen molar-refractivity contribution in [2.24, 2.45) is 5.73 Å². The molecular weight excluding hydrogens is 246 g/mol. The summed E-state index contributed by atoms with van der Waals surface area (Å²) in [5.74, 6) is -0.0266. The molecule has 0 aliphatic carbocycles. The van der Waals surface area contributed by atoms with Crippen molar-refractivity contribution in [3.05, 3.63) is 29.3 Å². The molecule has 0 radical (unpaired) electrons. The van der Waals surface area contributed by atoms with E-state index in [1.54, 1.807) is 18.2 Å². The molecule has 0 aliphatic heterocycles. The van der Waals surface area contributed by atoms with Crippen molar-refractivity contribution in [3.8, 4) is 0 Å². The van der Waals surface area contributed by atoms with Crippen molar-refractivity contribution in [1.29, 1.82) is 0 Å². The van der Waals surface area contributed by atoms with Crippen LogP contribution in [0, 0.1) is 0 Å². The molecule has 0 saturated heterocycles. The van der Waals surface area contributed by atoms with E-state index in [-0.39, 0.29) is 16.7 Å². The van der Waals surface area contributed by atoms with Gasteiger partial charge in [0.1, 0.15) is 0 Å². The molecule has 1 aromatic carbocycles. The van der Waals surface area contributed by atoms with Crippen LogP contribution in [-0.4, -0.2) is 20.2 Å². The van der Waals surface area contributed by atoms with Crippen molar-refractivity contribution in [2.75, 3.05) is 5.75 Å². The summed E-state index contributed by atoms with van der Waals surface area (Å²) in [7, 11) is -3.31. The highest BCUT2D eigenvalue weighted by Gasteiger charge is 2.18. The van der Waals surface area contributed by atoms with Crippen molar-refractivity contribution in [3.63, 3.8) is 0 Å². The first-order valence-electron chi connectivity index (χ1n) is 5.19. The first-order valence-corrected chi connectivity index (χ1v) is 7.22. The van der Waals surface area contributed by atoms with Crippen molar-refractivity contribution in [2.45, 2.75) is 30.7 Å². The SMILES string of the molecule is CCCC(N)CS(=O)(=O)c1cccc(Cl)c1. The van der Waals surface area contributed by atoms with E-state index >= 15 is 0 Å². The predicted molar refractivity (Wildman–Crippen MR) is 66.4 cm³/mol. The van der Waals surface area contributed by atoms with Gasteiger partial charge in [0, 0.05) is 11.1 Å². The van der Waals surface area contributed by atoms with Crippen molar-refractivity contribution < 1.29 is 8.42 Å². The minimum absolute atomic E-state index is 0.0266. The Morgan fingerprint density at radius 1 is 1.44 bits per heavy atom. The minimum Gasteiger partial charge on any atom is -0.327 e. The average Bonchev–Trinajstić information content (AvgIpc) is 2.17. The van der Waals surface area contributed by atoms with Gasteiger partial charge in [0.2, 0.25) is 0 Å². The average molecular weight is 262 g/mol. The lowest BCUT2D eigenvalue weighted by Gasteiger charge is -2.11. The van der Waals surface area contributed by atoms with Crippen LogP contribution in [0.15, 0.2) is 29.2 Å². The zero-order valence-electron chi connectivity index (χ0n) is 9.19. The largest absolute Gasteiger partial charge is 0.327 e. The number of nitrogens with two attached hydrogens (primary N) is 1. The number of sulfone groups is 1. The lowest BCUT2D eigenvalue weighted by Crippen LogP contribution is -2.29. The summed E-state index contributed by atoms with van der Waals surface area (Å²) < 4.78 is 23.9. The third kappa shape index (κ3) is 3.77. The Kier molecular flexibility index (Phi) is 4.77. The quantitative estimate of drug-likeness (QED) is 0.884. The minimum atomic E-state index is -3.31. The van der Waals surface area contributed by atoms with Crippen LogP contribution >= 0.6 is 11.6 Å². The van der Waals surface area contributed by atoms with E-state index in [2.05, 4.69) is 0 Å². The highest BCUT2D eigenvalue weighted by atomic mass is 35.5. The molecule has 1 aromatic rings. The predicted octanol–water partition coefficient (Wildman–Crippen LogP) is 2.24. The molecule has 0 amide bonds. The van der Waals surface area contributed by atoms with Gasteiger partial charge in [-0.15, -0.1) is 0 Å². The van der Waals surface area contributed by atoms with Crippen molar-refractivity contribution in [1.82, 2.24) is 0 Å². The molecule has 2 N–H and O–H groups in total. The van der Waals surface area contributed by atoms with E-state index in [9.17, 15) is 8.42 Å². The van der Waals surface area contributed by atoms with Crippen LogP contribution < -0.4 is 5.73 Å². The maximum absolute atomic E-state index is 11.9. The second kappa shape index (κ2) is 5.66. The van der Waals surface area contributed by atoms with Gasteiger partial charge in [0.05, 0.1) is 10.6 Å². The molecule has 1 atom stereocenters. The third-order valence-electron chi connectivity index (χ3n) is 2.25. The van der Waals surface area contributed by atoms with Crippen molar-refractivity contribution >= 4 is 21.4 Å². The lowest BCUT2D eigenvalue weighted by atomic mass is 10.2. The molecule has 5 heteroatoms. The van der Waals surface area contributed by atoms with Gasteiger partial charge in [-0.25, -0.2) is 8.42 Å². The number of hydrogen-bond acceptors (Lipinski definition) is 3. The van der Waals surface area contributed by atoms with Gasteiger partial charge in [-0.2, -0.15) is 0 Å². The Morgan fingerprint density at radius 2 is 2.12 bits per heavy atom. The van der Waals surface area contributed by atoms with Crippen LogP contribution in [0.4, 0.5) is 0 Å². The summed E-state index contributed by atoms with van der Waals surface area (Å²) >= 11 is 5.75. The molecule has 0 bridgehead atoms. The summed E-state index contributed by atoms with van der Waals surface area (Å²) in [4.78, 5) is 0.242. The highest BCUT2D eigenvalue weighted by molar-refractivity contribution is 7.91. The molecule has 90 valence electrons. The summed E-state index contributed by atoms with van der Waals surface area (Å²) in [5.41, 5.74) is 5.73. The molecule has 3 nitrogen and oxygen atoms in total. The summed E-state index contributed by atoms with van der Waals surface area (Å²) in [6.07, 6.45) is 1.59. The first kappa shape index (κ1) is 13.5. The molecule has 0 heterocycles. The molecule has 1 unspecified atom stereocenters. The highest BCUT2D eigenvalue weighted by Crippen LogP contribution is 2.17. The fourth-order valence-corrected chi connectivity index (χ4v) is 3.26. The van der Waals surface area contributed by atoms with Gasteiger partial charge in [-0.1, -0.05) is 31.0 Å². The van der Waals surface area contributed by atoms with Crippen LogP contribution in [0.25, 0.3) is 0 Å². The van der Waals surface area contributed by atoms with Gasteiger partial charge in [-0.05, 0) is 24.6 Å². The van der Waals surface area contributed by atoms with Crippen LogP contribution in [-0.2, 0) is 9.84 Å². The fraction of sp³-hybridized carbons (Fsp3) is 0.455. The topological polar surface area (TPSA) is 60.2 Å². The summed E-state index contributed by atoms with van der Waals surface area (Å²) in [6.45, 7) is 1.98. The number of rotatable bonds is 5. The van der Waals surface area contributed by atoms with E-state index < -0.39 is 9.84 Å². The Bertz CT molecular complexity index is 445. The summed E-state index contributed by atoms with van der Waals surface area (Å²) in [6, 6.07) is 5.96. The first-order chi connectivity index (χ1) is 7.45. The molecule has 0 aromatic heterocycles. The van der Waals surface area contributed by atoms with Gasteiger partial charge >= 0.3 is 0 Å². The van der Waals surface area contributed by atoms with E-state index in [0.717, 1.165) is 6.42 Å². The van der Waals surface area contributed by atoms with E-state index in [0.29, 0.717) is 11.4 Å². The Morgan fingerprint density at radius 3 is 2.69 bits per heavy atom. The zero-order valence-corrected chi connectivity index (χ0v) is 10.8. The molecule has 1 rings (SSSR count). The Labute approximate surface area is 102 Å². The molecular formula is C11H16ClNO2S. The Hall–Kier alpha value is -0.580. The monoisotopic (exact) mass is 261 g/mol. The third-order valence-corrected chi connectivity index (χ3v) is 4.32. The van der Waals surface area contributed by atoms with Gasteiger partial charge in [0.25, 0.3) is 0 Å². The molecule has 0 fully saturated rings. The van der Waals surface area contributed by atoms with Crippen LogP contribution in [0.3, 0.4) is 0 Å². The van der Waals surface area contributed by atoms with E-state index in [1.165, 1.54) is 6.07 Å². The van der Waals surface area contributed by atoms with Gasteiger partial charge in [0.15, 0.2) is 9.84 Å². The normalized spacial score (nSPS) is 13.7. The summed E-state index contributed by atoms with van der Waals surface area (Å²) in [5, 5.41) is 0.421. The van der Waals surface area contributed by atoms with Gasteiger partial charge < -0.3 is 5.73 Å². The standard InChI is InChI=1S/C11H16ClNO2S/c1-2-4-10(13)8-16(14,15)11-6-3-5-9(12)7-11/h3,5-7,10H,2,4,8,13H2,1H3. The second-order valence-corrected chi connectivity index (χ2v) is 6.26. The van der Waals surface area contributed by atoms with Crippen LogP contribution in [0.5, 0.6) is 0 Å². The van der Waals surface area contributed by atoms with E-state index in [1.807, 2.05) is 6.92 Å². The maximum Gasteiger partial charge on any atom is 0.179 e. The smallest absolute Gasteiger partial charge is 0.179 e. The Balaban J connectivity index is 2.86. The molecule has 0 aliphatic rings. The van der Waals surface area contributed by atoms with E-state index in [4.69, 9.17) is 17.3 Å². The molecule has 16 heavy (non-hydrogen) atoms. The fourth-order valence-electron chi connectivity index (χ4n) is 1.49. The van der Waals surface area contributed by atoms with Crippen LogP contribution in [0.1, 0.15) is 19.8 Å². The molecule has 0 saturated carbocycles. The maximum atomic E-state index is 11.9. The molecule has 0 spiro atoms. The number of halogens is 1. The second-order valence-electron chi connectivity index (χ2n) is 3.79. The van der Waals surface area contributed by atoms with Gasteiger partial charge in [-0.3, -0.25) is 0 Å². The van der Waals surface area contributed by atoms with Crippen LogP contribution in [0.2, 0.25) is 5.02 Å².